The van der Waals surface area contributed by atoms with Gasteiger partial charge in [-0.3, -0.25) is 13.9 Å². The van der Waals surface area contributed by atoms with Gasteiger partial charge in [0.15, 0.2) is 0 Å². The van der Waals surface area contributed by atoms with E-state index in [4.69, 9.17) is 9.47 Å². The minimum Gasteiger partial charge on any atom is -0.497 e. The monoisotopic (exact) mass is 477 g/mol. The molecule has 1 atom stereocenters. The zero-order valence-electron chi connectivity index (χ0n) is 19.6. The van der Waals surface area contributed by atoms with Crippen LogP contribution in [-0.4, -0.2) is 71.8 Å². The van der Waals surface area contributed by atoms with Gasteiger partial charge in [-0.2, -0.15) is 0 Å². The maximum Gasteiger partial charge on any atom is 0.244 e. The molecule has 2 aromatic rings. The van der Waals surface area contributed by atoms with E-state index in [2.05, 4.69) is 5.32 Å². The number of rotatable bonds is 11. The van der Waals surface area contributed by atoms with Crippen molar-refractivity contribution in [2.45, 2.75) is 19.4 Å². The fraction of sp³-hybridized carbons (Fsp3) is 0.391. The van der Waals surface area contributed by atoms with Gasteiger partial charge in [0.1, 0.15) is 24.1 Å². The lowest BCUT2D eigenvalue weighted by Crippen LogP contribution is -2.51. The molecule has 0 fully saturated rings. The highest BCUT2D eigenvalue weighted by atomic mass is 32.2. The van der Waals surface area contributed by atoms with Crippen LogP contribution in [0.15, 0.2) is 48.5 Å². The molecule has 180 valence electrons. The predicted octanol–water partition coefficient (Wildman–Crippen LogP) is 1.68. The fourth-order valence-electron chi connectivity index (χ4n) is 3.36. The standard InChI is InChI=1S/C23H31N3O6S/c1-17(23(28)24-2)25(14-13-18-9-7-6-8-10-18)22(27)16-26(33(5,29)30)20-12-11-19(31-3)15-21(20)32-4/h6-12,15,17H,13-14,16H2,1-5H3,(H,24,28). The van der Waals surface area contributed by atoms with E-state index in [9.17, 15) is 18.0 Å². The van der Waals surface area contributed by atoms with Gasteiger partial charge in [0.05, 0.1) is 26.2 Å². The molecule has 0 bridgehead atoms. The third-order valence-electron chi connectivity index (χ3n) is 5.23. The van der Waals surface area contributed by atoms with Crippen LogP contribution in [0.1, 0.15) is 12.5 Å². The molecule has 0 aliphatic rings. The molecular formula is C23H31N3O6S. The van der Waals surface area contributed by atoms with Gasteiger partial charge < -0.3 is 19.7 Å². The summed E-state index contributed by atoms with van der Waals surface area (Å²) in [7, 11) is 0.523. The Kier molecular flexibility index (Phi) is 9.10. The van der Waals surface area contributed by atoms with E-state index in [0.717, 1.165) is 16.1 Å². The minimum atomic E-state index is -3.85. The second-order valence-electron chi connectivity index (χ2n) is 7.42. The van der Waals surface area contributed by atoms with E-state index < -0.39 is 28.5 Å². The molecule has 2 amide bonds. The molecule has 0 aliphatic heterocycles. The van der Waals surface area contributed by atoms with Gasteiger partial charge in [0, 0.05) is 19.7 Å². The van der Waals surface area contributed by atoms with Crippen molar-refractivity contribution in [3.05, 3.63) is 54.1 Å². The summed E-state index contributed by atoms with van der Waals surface area (Å²) in [4.78, 5) is 27.1. The number of ether oxygens (including phenoxy) is 2. The number of anilines is 1. The number of methoxy groups -OCH3 is 2. The number of amides is 2. The Morgan fingerprint density at radius 3 is 2.27 bits per heavy atom. The average molecular weight is 478 g/mol. The third-order valence-corrected chi connectivity index (χ3v) is 6.36. The molecule has 0 saturated heterocycles. The first-order valence-electron chi connectivity index (χ1n) is 10.4. The summed E-state index contributed by atoms with van der Waals surface area (Å²) in [5.41, 5.74) is 1.20. The Hall–Kier alpha value is -3.27. The zero-order valence-corrected chi connectivity index (χ0v) is 20.4. The molecule has 9 nitrogen and oxygen atoms in total. The maximum absolute atomic E-state index is 13.4. The molecule has 0 radical (unpaired) electrons. The molecule has 0 aliphatic carbocycles. The highest BCUT2D eigenvalue weighted by Gasteiger charge is 2.30. The van der Waals surface area contributed by atoms with E-state index in [1.54, 1.807) is 13.0 Å². The molecule has 0 saturated carbocycles. The second-order valence-corrected chi connectivity index (χ2v) is 9.33. The van der Waals surface area contributed by atoms with Gasteiger partial charge >= 0.3 is 0 Å². The van der Waals surface area contributed by atoms with Gasteiger partial charge in [-0.1, -0.05) is 30.3 Å². The zero-order chi connectivity index (χ0) is 24.6. The Balaban J connectivity index is 2.37. The summed E-state index contributed by atoms with van der Waals surface area (Å²) in [6.07, 6.45) is 1.53. The van der Waals surface area contributed by atoms with E-state index in [1.165, 1.54) is 38.3 Å². The van der Waals surface area contributed by atoms with Crippen LogP contribution < -0.4 is 19.1 Å². The van der Waals surface area contributed by atoms with Gasteiger partial charge in [-0.05, 0) is 31.0 Å². The van der Waals surface area contributed by atoms with E-state index in [-0.39, 0.29) is 23.9 Å². The number of hydrogen-bond donors (Lipinski definition) is 1. The Bertz CT molecular complexity index is 1060. The van der Waals surface area contributed by atoms with Crippen molar-refractivity contribution in [2.24, 2.45) is 0 Å². The summed E-state index contributed by atoms with van der Waals surface area (Å²) in [6, 6.07) is 13.4. The predicted molar refractivity (Wildman–Crippen MR) is 127 cm³/mol. The average Bonchev–Trinajstić information content (AvgIpc) is 2.81. The molecule has 2 aromatic carbocycles. The van der Waals surface area contributed by atoms with Crippen LogP contribution in [0.2, 0.25) is 0 Å². The number of carbonyl (C=O) groups excluding carboxylic acids is 2. The van der Waals surface area contributed by atoms with Crippen molar-refractivity contribution >= 4 is 27.5 Å². The minimum absolute atomic E-state index is 0.199. The fourth-order valence-corrected chi connectivity index (χ4v) is 4.22. The number of carbonyl (C=O) groups is 2. The van der Waals surface area contributed by atoms with Crippen molar-refractivity contribution in [3.8, 4) is 11.5 Å². The van der Waals surface area contributed by atoms with E-state index >= 15 is 0 Å². The number of likely N-dealkylation sites (N-methyl/N-ethyl adjacent to an activating group) is 1. The molecule has 1 N–H and O–H groups in total. The number of sulfonamides is 1. The van der Waals surface area contributed by atoms with Crippen LogP contribution in [0.25, 0.3) is 0 Å². The lowest BCUT2D eigenvalue weighted by atomic mass is 10.1. The highest BCUT2D eigenvalue weighted by Crippen LogP contribution is 2.33. The van der Waals surface area contributed by atoms with Crippen LogP contribution in [0, 0.1) is 0 Å². The Morgan fingerprint density at radius 1 is 1.06 bits per heavy atom. The van der Waals surface area contributed by atoms with Gasteiger partial charge in [-0.25, -0.2) is 8.42 Å². The number of benzene rings is 2. The smallest absolute Gasteiger partial charge is 0.244 e. The van der Waals surface area contributed by atoms with E-state index in [1.807, 2.05) is 30.3 Å². The third kappa shape index (κ3) is 6.85. The quantitative estimate of drug-likeness (QED) is 0.528. The summed E-state index contributed by atoms with van der Waals surface area (Å²) in [6.45, 7) is 1.37. The Labute approximate surface area is 195 Å². The van der Waals surface area contributed by atoms with Crippen molar-refractivity contribution in [2.75, 3.05) is 44.9 Å². The second kappa shape index (κ2) is 11.6. The molecule has 0 aromatic heterocycles. The molecule has 0 spiro atoms. The number of nitrogens with zero attached hydrogens (tertiary/aromatic N) is 2. The lowest BCUT2D eigenvalue weighted by molar-refractivity contribution is -0.138. The summed E-state index contributed by atoms with van der Waals surface area (Å²) in [5.74, 6) is -0.134. The Morgan fingerprint density at radius 2 is 1.73 bits per heavy atom. The first kappa shape index (κ1) is 26.0. The maximum atomic E-state index is 13.4. The van der Waals surface area contributed by atoms with Gasteiger partial charge in [-0.15, -0.1) is 0 Å². The van der Waals surface area contributed by atoms with Crippen molar-refractivity contribution < 1.29 is 27.5 Å². The van der Waals surface area contributed by atoms with Crippen LogP contribution in [0.5, 0.6) is 11.5 Å². The molecule has 33 heavy (non-hydrogen) atoms. The molecule has 1 unspecified atom stereocenters. The number of hydrogen-bond acceptors (Lipinski definition) is 6. The largest absolute Gasteiger partial charge is 0.497 e. The van der Waals surface area contributed by atoms with Gasteiger partial charge in [0.25, 0.3) is 0 Å². The summed E-state index contributed by atoms with van der Waals surface area (Å²) < 4.78 is 36.8. The number of nitrogens with one attached hydrogen (secondary N) is 1. The summed E-state index contributed by atoms with van der Waals surface area (Å²) in [5, 5.41) is 2.55. The van der Waals surface area contributed by atoms with Gasteiger partial charge in [0.2, 0.25) is 21.8 Å². The molecule has 0 heterocycles. The first-order valence-corrected chi connectivity index (χ1v) is 12.2. The van der Waals surface area contributed by atoms with Crippen LogP contribution in [0.3, 0.4) is 0 Å². The van der Waals surface area contributed by atoms with E-state index in [0.29, 0.717) is 12.2 Å². The topological polar surface area (TPSA) is 105 Å². The van der Waals surface area contributed by atoms with Crippen LogP contribution in [0.4, 0.5) is 5.69 Å². The van der Waals surface area contributed by atoms with Crippen molar-refractivity contribution in [1.82, 2.24) is 10.2 Å². The molecule has 2 rings (SSSR count). The SMILES string of the molecule is CNC(=O)C(C)N(CCc1ccccc1)C(=O)CN(c1ccc(OC)cc1OC)S(C)(=O)=O. The highest BCUT2D eigenvalue weighted by molar-refractivity contribution is 7.92. The van der Waals surface area contributed by atoms with Crippen molar-refractivity contribution in [1.29, 1.82) is 0 Å². The summed E-state index contributed by atoms with van der Waals surface area (Å²) >= 11 is 0. The molecule has 10 heteroatoms. The van der Waals surface area contributed by atoms with Crippen LogP contribution in [-0.2, 0) is 26.0 Å². The van der Waals surface area contributed by atoms with Crippen molar-refractivity contribution in [3.63, 3.8) is 0 Å². The first-order chi connectivity index (χ1) is 15.6. The molecular weight excluding hydrogens is 446 g/mol. The lowest BCUT2D eigenvalue weighted by Gasteiger charge is -2.31. The van der Waals surface area contributed by atoms with Crippen LogP contribution >= 0.6 is 0 Å². The normalized spacial score (nSPS) is 11.9.